The third-order valence-electron chi connectivity index (χ3n) is 2.15. The lowest BCUT2D eigenvalue weighted by Gasteiger charge is -2.01. The number of rotatable bonds is 2. The second-order valence-electron chi connectivity index (χ2n) is 3.12. The Balaban J connectivity index is 2.74. The molecular formula is C11H7FO4. The zero-order chi connectivity index (χ0) is 11.7. The van der Waals surface area contributed by atoms with E-state index >= 15 is 0 Å². The highest BCUT2D eigenvalue weighted by Gasteiger charge is 2.12. The van der Waals surface area contributed by atoms with Crippen LogP contribution in [0.3, 0.4) is 0 Å². The van der Waals surface area contributed by atoms with E-state index in [-0.39, 0.29) is 5.58 Å². The molecule has 1 aromatic carbocycles. The fraction of sp³-hybridized carbons (Fsp3) is 0.0909. The number of fused-ring (bicyclic) bond motifs is 1. The predicted octanol–water partition coefficient (Wildman–Crippen LogP) is 1.91. The van der Waals surface area contributed by atoms with Gasteiger partial charge in [0.15, 0.2) is 0 Å². The quantitative estimate of drug-likeness (QED) is 0.575. The van der Waals surface area contributed by atoms with Gasteiger partial charge in [0, 0.05) is 11.5 Å². The Hall–Kier alpha value is -2.17. The molecule has 2 aromatic rings. The van der Waals surface area contributed by atoms with Crippen molar-refractivity contribution in [1.82, 2.24) is 0 Å². The van der Waals surface area contributed by atoms with Gasteiger partial charge in [0.05, 0.1) is 7.11 Å². The summed E-state index contributed by atoms with van der Waals surface area (Å²) in [6, 6.07) is 4.04. The maximum atomic E-state index is 12.4. The normalized spacial score (nSPS) is 10.4. The van der Waals surface area contributed by atoms with Crippen molar-refractivity contribution in [1.29, 1.82) is 0 Å². The van der Waals surface area contributed by atoms with Gasteiger partial charge in [0.2, 0.25) is 0 Å². The van der Waals surface area contributed by atoms with Crippen molar-refractivity contribution in [2.75, 3.05) is 7.11 Å². The first-order valence-corrected chi connectivity index (χ1v) is 4.43. The van der Waals surface area contributed by atoms with E-state index in [1.165, 1.54) is 13.2 Å². The molecule has 0 spiro atoms. The maximum Gasteiger partial charge on any atom is 0.350 e. The van der Waals surface area contributed by atoms with Crippen LogP contribution in [0.25, 0.3) is 11.0 Å². The summed E-state index contributed by atoms with van der Waals surface area (Å²) in [4.78, 5) is 21.7. The number of methoxy groups -OCH3 is 1. The number of ether oxygens (including phenoxy) is 1. The summed E-state index contributed by atoms with van der Waals surface area (Å²) in [5.74, 6) is 0.509. The summed E-state index contributed by atoms with van der Waals surface area (Å²) >= 11 is 0. The molecule has 0 aliphatic rings. The first-order chi connectivity index (χ1) is 7.61. The van der Waals surface area contributed by atoms with E-state index in [0.29, 0.717) is 11.1 Å². The molecule has 0 atom stereocenters. The van der Waals surface area contributed by atoms with Crippen LogP contribution in [0.4, 0.5) is 4.39 Å². The van der Waals surface area contributed by atoms with Crippen molar-refractivity contribution in [3.8, 4) is 5.75 Å². The van der Waals surface area contributed by atoms with Crippen molar-refractivity contribution in [3.63, 3.8) is 0 Å². The summed E-state index contributed by atoms with van der Waals surface area (Å²) in [7, 11) is 1.47. The number of hydrogen-bond acceptors (Lipinski definition) is 4. The van der Waals surface area contributed by atoms with E-state index in [9.17, 15) is 14.0 Å². The molecule has 0 unspecified atom stereocenters. The molecule has 0 bridgehead atoms. The average molecular weight is 222 g/mol. The van der Waals surface area contributed by atoms with Gasteiger partial charge in [-0.25, -0.2) is 4.79 Å². The van der Waals surface area contributed by atoms with Gasteiger partial charge in [0.1, 0.15) is 16.9 Å². The highest BCUT2D eigenvalue weighted by molar-refractivity contribution is 5.92. The Labute approximate surface area is 89.2 Å². The highest BCUT2D eigenvalue weighted by Crippen LogP contribution is 2.20. The van der Waals surface area contributed by atoms with Crippen LogP contribution in [0, 0.1) is 0 Å². The molecule has 0 amide bonds. The van der Waals surface area contributed by atoms with Crippen LogP contribution >= 0.6 is 0 Å². The molecule has 2 rings (SSSR count). The van der Waals surface area contributed by atoms with Crippen molar-refractivity contribution in [2.45, 2.75) is 0 Å². The lowest BCUT2D eigenvalue weighted by atomic mass is 10.2. The minimum Gasteiger partial charge on any atom is -0.497 e. The van der Waals surface area contributed by atoms with Gasteiger partial charge in [-0.3, -0.25) is 4.79 Å². The SMILES string of the molecule is COc1ccc2cc(C(=O)F)c(=O)oc2c1. The Morgan fingerprint density at radius 1 is 1.38 bits per heavy atom. The van der Waals surface area contributed by atoms with Gasteiger partial charge in [-0.2, -0.15) is 4.39 Å². The largest absolute Gasteiger partial charge is 0.497 e. The summed E-state index contributed by atoms with van der Waals surface area (Å²) in [5.41, 5.74) is -1.35. The van der Waals surface area contributed by atoms with Crippen LogP contribution in [-0.4, -0.2) is 13.1 Å². The van der Waals surface area contributed by atoms with Crippen molar-refractivity contribution in [3.05, 3.63) is 40.2 Å². The van der Waals surface area contributed by atoms with Gasteiger partial charge in [-0.05, 0) is 18.2 Å². The third-order valence-corrected chi connectivity index (χ3v) is 2.15. The Bertz CT molecular complexity index is 615. The van der Waals surface area contributed by atoms with Gasteiger partial charge in [-0.15, -0.1) is 0 Å². The van der Waals surface area contributed by atoms with E-state index in [1.807, 2.05) is 0 Å². The zero-order valence-electron chi connectivity index (χ0n) is 8.32. The molecule has 0 fully saturated rings. The van der Waals surface area contributed by atoms with E-state index in [0.717, 1.165) is 6.07 Å². The first kappa shape index (κ1) is 10.4. The minimum atomic E-state index is -1.80. The monoisotopic (exact) mass is 222 g/mol. The summed E-state index contributed by atoms with van der Waals surface area (Å²) in [6.07, 6.45) is 0. The second kappa shape index (κ2) is 3.77. The molecule has 82 valence electrons. The first-order valence-electron chi connectivity index (χ1n) is 4.43. The van der Waals surface area contributed by atoms with E-state index in [4.69, 9.17) is 9.15 Å². The molecule has 5 heteroatoms. The maximum absolute atomic E-state index is 12.4. The third kappa shape index (κ3) is 1.67. The van der Waals surface area contributed by atoms with Crippen LogP contribution in [0.1, 0.15) is 10.4 Å². The number of carbonyl (C=O) groups is 1. The molecule has 0 aliphatic heterocycles. The molecule has 0 saturated heterocycles. The van der Waals surface area contributed by atoms with Crippen molar-refractivity contribution >= 4 is 17.0 Å². The van der Waals surface area contributed by atoms with Crippen LogP contribution in [0.5, 0.6) is 5.75 Å². The minimum absolute atomic E-state index is 0.245. The molecular weight excluding hydrogens is 215 g/mol. The summed E-state index contributed by atoms with van der Waals surface area (Å²) < 4.78 is 22.2. The van der Waals surface area contributed by atoms with Gasteiger partial charge in [-0.1, -0.05) is 0 Å². The summed E-state index contributed by atoms with van der Waals surface area (Å²) in [6.45, 7) is 0. The number of benzene rings is 1. The standard InChI is InChI=1S/C11H7FO4/c1-15-7-3-2-6-4-8(10(12)13)11(14)16-9(6)5-7/h2-5H,1H3. The van der Waals surface area contributed by atoms with Gasteiger partial charge < -0.3 is 9.15 Å². The van der Waals surface area contributed by atoms with Crippen molar-refractivity contribution < 1.29 is 18.3 Å². The number of carbonyl (C=O) groups excluding carboxylic acids is 1. The fourth-order valence-corrected chi connectivity index (χ4v) is 1.36. The van der Waals surface area contributed by atoms with Crippen molar-refractivity contribution in [2.24, 2.45) is 0 Å². The summed E-state index contributed by atoms with van der Waals surface area (Å²) in [5, 5.41) is 0.460. The number of hydrogen-bond donors (Lipinski definition) is 0. The highest BCUT2D eigenvalue weighted by atomic mass is 19.1. The molecule has 16 heavy (non-hydrogen) atoms. The van der Waals surface area contributed by atoms with E-state index in [2.05, 4.69) is 0 Å². The fourth-order valence-electron chi connectivity index (χ4n) is 1.36. The lowest BCUT2D eigenvalue weighted by molar-refractivity contribution is 0.0832. The Morgan fingerprint density at radius 2 is 2.12 bits per heavy atom. The Kier molecular flexibility index (Phi) is 2.44. The molecule has 0 aliphatic carbocycles. The average Bonchev–Trinajstić information content (AvgIpc) is 2.27. The molecule has 4 nitrogen and oxygen atoms in total. The van der Waals surface area contributed by atoms with Crippen LogP contribution < -0.4 is 10.4 Å². The smallest absolute Gasteiger partial charge is 0.350 e. The number of halogens is 1. The molecule has 1 heterocycles. The van der Waals surface area contributed by atoms with Crippen LogP contribution in [0.2, 0.25) is 0 Å². The zero-order valence-corrected chi connectivity index (χ0v) is 8.32. The predicted molar refractivity (Wildman–Crippen MR) is 54.5 cm³/mol. The van der Waals surface area contributed by atoms with E-state index < -0.39 is 17.2 Å². The molecule has 0 radical (unpaired) electrons. The molecule has 0 N–H and O–H groups in total. The molecule has 1 aromatic heterocycles. The van der Waals surface area contributed by atoms with Crippen LogP contribution in [-0.2, 0) is 0 Å². The van der Waals surface area contributed by atoms with Gasteiger partial charge in [0.25, 0.3) is 0 Å². The lowest BCUT2D eigenvalue weighted by Crippen LogP contribution is -2.10. The van der Waals surface area contributed by atoms with Crippen LogP contribution in [0.15, 0.2) is 33.5 Å². The van der Waals surface area contributed by atoms with Gasteiger partial charge >= 0.3 is 11.7 Å². The van der Waals surface area contributed by atoms with E-state index in [1.54, 1.807) is 12.1 Å². The Morgan fingerprint density at radius 3 is 2.75 bits per heavy atom. The second-order valence-corrected chi connectivity index (χ2v) is 3.12. The molecule has 0 saturated carbocycles. The topological polar surface area (TPSA) is 56.5 Å².